The topological polar surface area (TPSA) is 262 Å². The molecule has 4 aromatic rings. The van der Waals surface area contributed by atoms with E-state index >= 15 is 0 Å². The lowest BCUT2D eigenvalue weighted by Gasteiger charge is -2.17. The van der Waals surface area contributed by atoms with Crippen molar-refractivity contribution in [2.45, 2.75) is 22.4 Å². The van der Waals surface area contributed by atoms with E-state index in [1.165, 1.54) is 6.07 Å². The van der Waals surface area contributed by atoms with Gasteiger partial charge in [0.1, 0.15) is 15.6 Å². The van der Waals surface area contributed by atoms with Crippen molar-refractivity contribution in [1.82, 2.24) is 35.3 Å². The minimum Gasteiger partial charge on any atom is -0.390 e. The van der Waals surface area contributed by atoms with Crippen molar-refractivity contribution in [2.24, 2.45) is 16.6 Å². The van der Waals surface area contributed by atoms with Gasteiger partial charge in [0, 0.05) is 13.1 Å². The number of aromatic amines is 2. The van der Waals surface area contributed by atoms with E-state index < -0.39 is 42.5 Å². The number of nitrogens with zero attached hydrogens (tertiary/aromatic N) is 4. The smallest absolute Gasteiger partial charge is 0.242 e. The average Bonchev–Trinajstić information content (AvgIpc) is 3.50. The minimum absolute atomic E-state index is 0.179. The molecular formula is C18H22N10O5S2. The molecule has 0 saturated heterocycles. The number of hydrogen-bond acceptors (Lipinski definition) is 11. The first-order valence-corrected chi connectivity index (χ1v) is 13.1. The number of primary sulfonamides is 1. The van der Waals surface area contributed by atoms with Gasteiger partial charge in [-0.25, -0.2) is 31.7 Å². The van der Waals surface area contributed by atoms with Gasteiger partial charge in [-0.2, -0.15) is 5.21 Å². The van der Waals surface area contributed by atoms with Gasteiger partial charge < -0.3 is 21.6 Å². The van der Waals surface area contributed by atoms with E-state index in [0.29, 0.717) is 22.4 Å². The van der Waals surface area contributed by atoms with Gasteiger partial charge >= 0.3 is 0 Å². The second-order valence-corrected chi connectivity index (χ2v) is 10.7. The van der Waals surface area contributed by atoms with Crippen molar-refractivity contribution in [1.29, 1.82) is 0 Å². The maximum atomic E-state index is 13.0. The van der Waals surface area contributed by atoms with Crippen LogP contribution in [0.5, 0.6) is 0 Å². The number of hydrogen-bond donors (Lipinski definition) is 7. The molecule has 10 N–H and O–H groups in total. The minimum atomic E-state index is -4.65. The maximum Gasteiger partial charge on any atom is 0.242 e. The molecule has 186 valence electrons. The molecule has 0 aliphatic rings. The zero-order valence-corrected chi connectivity index (χ0v) is 19.6. The summed E-state index contributed by atoms with van der Waals surface area (Å²) in [7, 11) is -9.12. The normalized spacial score (nSPS) is 13.4. The molecule has 2 aromatic carbocycles. The van der Waals surface area contributed by atoms with Crippen LogP contribution in [0.2, 0.25) is 0 Å². The summed E-state index contributed by atoms with van der Waals surface area (Å²) in [5, 5.41) is 28.6. The lowest BCUT2D eigenvalue weighted by molar-refractivity contribution is 0.186. The molecule has 17 heteroatoms. The maximum absolute atomic E-state index is 13.0. The number of imidazole rings is 1. The fourth-order valence-electron chi connectivity index (χ4n) is 3.48. The molecule has 0 spiro atoms. The van der Waals surface area contributed by atoms with Crippen LogP contribution in [0.15, 0.2) is 40.1 Å². The number of tetrazole rings is 1. The lowest BCUT2D eigenvalue weighted by atomic mass is 9.98. The van der Waals surface area contributed by atoms with Crippen LogP contribution < -0.4 is 21.3 Å². The van der Waals surface area contributed by atoms with Gasteiger partial charge in [-0.15, -0.1) is 10.2 Å². The molecule has 2 aromatic heterocycles. The number of rotatable bonds is 9. The first-order valence-electron chi connectivity index (χ1n) is 10.1. The number of sulfonamides is 2. The van der Waals surface area contributed by atoms with Crippen LogP contribution in [0.3, 0.4) is 0 Å². The summed E-state index contributed by atoms with van der Waals surface area (Å²) in [4.78, 5) is 5.99. The predicted octanol–water partition coefficient (Wildman–Crippen LogP) is -1.89. The van der Waals surface area contributed by atoms with E-state index in [2.05, 4.69) is 35.3 Å². The number of aliphatic hydroxyl groups excluding tert-OH is 1. The SMILES string of the molecule is NCc1nc2ccc(-c3ccc(S(=O)(=O)NC[C@@H](O)CN)c(S(N)(=O)=O)c3-c3nn[nH]n3)cc2[nH]1. The molecule has 0 saturated carbocycles. The van der Waals surface area contributed by atoms with E-state index in [1.807, 2.05) is 0 Å². The highest BCUT2D eigenvalue weighted by molar-refractivity contribution is 7.92. The van der Waals surface area contributed by atoms with Crippen molar-refractivity contribution in [2.75, 3.05) is 13.1 Å². The van der Waals surface area contributed by atoms with E-state index in [1.54, 1.807) is 18.2 Å². The highest BCUT2D eigenvalue weighted by Gasteiger charge is 2.32. The first-order chi connectivity index (χ1) is 16.5. The Morgan fingerprint density at radius 1 is 1.11 bits per heavy atom. The molecule has 4 rings (SSSR count). The Bertz CT molecular complexity index is 1580. The van der Waals surface area contributed by atoms with Crippen molar-refractivity contribution in [3.8, 4) is 22.5 Å². The molecule has 2 heterocycles. The second-order valence-electron chi connectivity index (χ2n) is 7.46. The number of nitrogens with one attached hydrogen (secondary N) is 3. The molecule has 0 amide bonds. The van der Waals surface area contributed by atoms with Gasteiger partial charge in [0.2, 0.25) is 25.9 Å². The van der Waals surface area contributed by atoms with E-state index in [0.717, 1.165) is 6.07 Å². The van der Waals surface area contributed by atoms with Crippen molar-refractivity contribution in [3.63, 3.8) is 0 Å². The van der Waals surface area contributed by atoms with Crippen molar-refractivity contribution >= 4 is 31.1 Å². The Kier molecular flexibility index (Phi) is 6.64. The summed E-state index contributed by atoms with van der Waals surface area (Å²) in [6, 6.07) is 7.54. The fraction of sp³-hybridized carbons (Fsp3) is 0.222. The molecule has 0 fully saturated rings. The molecular weight excluding hydrogens is 500 g/mol. The number of H-pyrrole nitrogens is 2. The molecule has 0 unspecified atom stereocenters. The lowest BCUT2D eigenvalue weighted by Crippen LogP contribution is -2.36. The molecule has 0 aliphatic heterocycles. The molecule has 0 aliphatic carbocycles. The van der Waals surface area contributed by atoms with E-state index in [9.17, 15) is 21.9 Å². The quantitative estimate of drug-likeness (QED) is 0.128. The summed E-state index contributed by atoms with van der Waals surface area (Å²) in [5.41, 5.74) is 12.8. The zero-order chi connectivity index (χ0) is 25.4. The zero-order valence-electron chi connectivity index (χ0n) is 18.0. The Balaban J connectivity index is 1.99. The number of fused-ring (bicyclic) bond motifs is 1. The van der Waals surface area contributed by atoms with Crippen molar-refractivity contribution < 1.29 is 21.9 Å². The average molecular weight is 523 g/mol. The molecule has 35 heavy (non-hydrogen) atoms. The highest BCUT2D eigenvalue weighted by Crippen LogP contribution is 2.39. The largest absolute Gasteiger partial charge is 0.390 e. The van der Waals surface area contributed by atoms with Crippen LogP contribution in [0.25, 0.3) is 33.5 Å². The summed E-state index contributed by atoms with van der Waals surface area (Å²) in [5.74, 6) is 0.350. The number of benzene rings is 2. The molecule has 0 bridgehead atoms. The Hall–Kier alpha value is -3.32. The third-order valence-electron chi connectivity index (χ3n) is 5.08. The van der Waals surface area contributed by atoms with Gasteiger partial charge in [-0.3, -0.25) is 0 Å². The van der Waals surface area contributed by atoms with Gasteiger partial charge in [0.05, 0.1) is 29.2 Å². The van der Waals surface area contributed by atoms with Crippen LogP contribution in [0.4, 0.5) is 0 Å². The van der Waals surface area contributed by atoms with Gasteiger partial charge in [0.25, 0.3) is 0 Å². The predicted molar refractivity (Wildman–Crippen MR) is 124 cm³/mol. The second kappa shape index (κ2) is 9.38. The third-order valence-corrected chi connectivity index (χ3v) is 7.67. The molecule has 0 radical (unpaired) electrons. The van der Waals surface area contributed by atoms with Gasteiger partial charge in [-0.05, 0) is 34.5 Å². The number of aromatic nitrogens is 6. The fourth-order valence-corrected chi connectivity index (χ4v) is 6.15. The monoisotopic (exact) mass is 522 g/mol. The summed E-state index contributed by atoms with van der Waals surface area (Å²) in [6.07, 6.45) is -1.18. The highest BCUT2D eigenvalue weighted by atomic mass is 32.2. The van der Waals surface area contributed by atoms with Crippen LogP contribution >= 0.6 is 0 Å². The standard InChI is InChI=1S/C18H22N10O5S2/c19-6-10(29)8-22-35(32,33)14-4-2-11(9-1-3-12-13(5-9)24-15(7-20)23-12)16(17(14)34(21,30)31)18-25-27-28-26-18/h1-5,10,22,29H,6-8,19-20H2,(H,23,24)(H2,21,30,31)(H,25,26,27,28)/t10-/m0/s1. The van der Waals surface area contributed by atoms with Gasteiger partial charge in [-0.1, -0.05) is 12.1 Å². The number of aliphatic hydroxyl groups is 1. The van der Waals surface area contributed by atoms with Crippen LogP contribution in [-0.2, 0) is 26.6 Å². The summed E-state index contributed by atoms with van der Waals surface area (Å²) in [6.45, 7) is -0.464. The Morgan fingerprint density at radius 2 is 1.89 bits per heavy atom. The molecule has 15 nitrogen and oxygen atoms in total. The third kappa shape index (κ3) is 4.91. The Morgan fingerprint density at radius 3 is 2.51 bits per heavy atom. The van der Waals surface area contributed by atoms with E-state index in [-0.39, 0.29) is 30.0 Å². The van der Waals surface area contributed by atoms with E-state index in [4.69, 9.17) is 16.6 Å². The van der Waals surface area contributed by atoms with Crippen molar-refractivity contribution in [3.05, 3.63) is 36.2 Å². The van der Waals surface area contributed by atoms with Gasteiger partial charge in [0.15, 0.2) is 0 Å². The number of nitrogens with two attached hydrogens (primary N) is 3. The van der Waals surface area contributed by atoms with Crippen LogP contribution in [-0.4, -0.2) is 71.7 Å². The summed E-state index contributed by atoms with van der Waals surface area (Å²) >= 11 is 0. The Labute approximate surface area is 199 Å². The molecule has 1 atom stereocenters. The van der Waals surface area contributed by atoms with Crippen LogP contribution in [0.1, 0.15) is 5.82 Å². The first kappa shape index (κ1) is 24.8. The summed E-state index contributed by atoms with van der Waals surface area (Å²) < 4.78 is 53.7. The van der Waals surface area contributed by atoms with Crippen LogP contribution in [0, 0.1) is 0 Å².